The molecule has 110 valence electrons. The third-order valence-corrected chi connectivity index (χ3v) is 2.43. The highest BCUT2D eigenvalue weighted by Gasteiger charge is 2.19. The molecule has 0 aliphatic heterocycles. The van der Waals surface area contributed by atoms with E-state index in [4.69, 9.17) is 14.9 Å². The van der Waals surface area contributed by atoms with E-state index in [9.17, 15) is 14.0 Å². The molecule has 0 heterocycles. The molecule has 8 heteroatoms. The first kappa shape index (κ1) is 15.7. The van der Waals surface area contributed by atoms with Gasteiger partial charge in [-0.15, -0.1) is 0 Å². The molecule has 0 saturated heterocycles. The number of aliphatic hydroxyl groups is 1. The highest BCUT2D eigenvalue weighted by atomic mass is 19.1. The van der Waals surface area contributed by atoms with Crippen LogP contribution in [0.2, 0.25) is 0 Å². The number of urea groups is 1. The number of anilines is 1. The number of amides is 2. The number of carbonyl (C=O) groups excluding carboxylic acids is 1. The fourth-order valence-corrected chi connectivity index (χ4v) is 1.45. The van der Waals surface area contributed by atoms with Gasteiger partial charge >= 0.3 is 12.0 Å². The van der Waals surface area contributed by atoms with Crippen molar-refractivity contribution in [1.29, 1.82) is 0 Å². The summed E-state index contributed by atoms with van der Waals surface area (Å²) in [5.74, 6) is -1.89. The molecule has 0 aliphatic rings. The SMILES string of the molecule is COc1cc(NC(=O)N[C@@H](CCO)C(=O)O)ccc1F. The second kappa shape index (κ2) is 7.29. The van der Waals surface area contributed by atoms with Crippen LogP contribution in [0.4, 0.5) is 14.9 Å². The predicted octanol–water partition coefficient (Wildman–Crippen LogP) is 0.791. The Labute approximate surface area is 114 Å². The van der Waals surface area contributed by atoms with Gasteiger partial charge in [0.2, 0.25) is 0 Å². The van der Waals surface area contributed by atoms with Crippen LogP contribution in [0, 0.1) is 5.82 Å². The first-order valence-electron chi connectivity index (χ1n) is 5.72. The maximum absolute atomic E-state index is 13.2. The number of carboxylic acid groups (broad SMARTS) is 1. The number of rotatable bonds is 6. The number of carboxylic acids is 1. The zero-order valence-electron chi connectivity index (χ0n) is 10.7. The molecule has 0 saturated carbocycles. The summed E-state index contributed by atoms with van der Waals surface area (Å²) in [5.41, 5.74) is 0.244. The molecule has 0 aromatic heterocycles. The van der Waals surface area contributed by atoms with Gasteiger partial charge in [-0.25, -0.2) is 14.0 Å². The molecule has 0 radical (unpaired) electrons. The molecule has 0 aliphatic carbocycles. The van der Waals surface area contributed by atoms with Crippen LogP contribution in [0.25, 0.3) is 0 Å². The number of aliphatic carboxylic acids is 1. The molecule has 0 spiro atoms. The second-order valence-corrected chi connectivity index (χ2v) is 3.85. The number of ether oxygens (including phenoxy) is 1. The summed E-state index contributed by atoms with van der Waals surface area (Å²) < 4.78 is 17.9. The monoisotopic (exact) mass is 286 g/mol. The summed E-state index contributed by atoms with van der Waals surface area (Å²) in [6.45, 7) is -0.373. The van der Waals surface area contributed by atoms with Crippen LogP contribution >= 0.6 is 0 Å². The summed E-state index contributed by atoms with van der Waals surface area (Å²) in [5, 5.41) is 22.0. The van der Waals surface area contributed by atoms with Crippen molar-refractivity contribution >= 4 is 17.7 Å². The molecule has 1 atom stereocenters. The van der Waals surface area contributed by atoms with Gasteiger partial charge in [-0.3, -0.25) is 0 Å². The predicted molar refractivity (Wildman–Crippen MR) is 68.2 cm³/mol. The number of carbonyl (C=O) groups is 2. The molecular formula is C12H15FN2O5. The molecule has 1 rings (SSSR count). The molecule has 20 heavy (non-hydrogen) atoms. The van der Waals surface area contributed by atoms with E-state index >= 15 is 0 Å². The molecule has 2 amide bonds. The maximum atomic E-state index is 13.2. The molecule has 1 aromatic carbocycles. The van der Waals surface area contributed by atoms with E-state index in [1.165, 1.54) is 19.2 Å². The third kappa shape index (κ3) is 4.39. The van der Waals surface area contributed by atoms with Crippen LogP contribution in [-0.2, 0) is 4.79 Å². The first-order valence-corrected chi connectivity index (χ1v) is 5.72. The van der Waals surface area contributed by atoms with Crippen molar-refractivity contribution in [3.05, 3.63) is 24.0 Å². The Kier molecular flexibility index (Phi) is 5.73. The molecule has 7 nitrogen and oxygen atoms in total. The van der Waals surface area contributed by atoms with E-state index in [2.05, 4.69) is 10.6 Å². The average Bonchev–Trinajstić information content (AvgIpc) is 2.40. The van der Waals surface area contributed by atoms with Crippen LogP contribution in [0.15, 0.2) is 18.2 Å². The summed E-state index contributed by atoms with van der Waals surface area (Å²) in [7, 11) is 1.28. The lowest BCUT2D eigenvalue weighted by Gasteiger charge is -2.14. The molecule has 0 bridgehead atoms. The van der Waals surface area contributed by atoms with Gasteiger partial charge in [-0.2, -0.15) is 0 Å². The highest BCUT2D eigenvalue weighted by Crippen LogP contribution is 2.21. The average molecular weight is 286 g/mol. The van der Waals surface area contributed by atoms with Crippen LogP contribution in [0.3, 0.4) is 0 Å². The number of benzene rings is 1. The van der Waals surface area contributed by atoms with Crippen molar-refractivity contribution in [2.45, 2.75) is 12.5 Å². The largest absolute Gasteiger partial charge is 0.494 e. The summed E-state index contributed by atoms with van der Waals surface area (Å²) >= 11 is 0. The number of halogens is 1. The van der Waals surface area contributed by atoms with Crippen molar-refractivity contribution < 1.29 is 28.9 Å². The van der Waals surface area contributed by atoms with Gasteiger partial charge in [-0.1, -0.05) is 0 Å². The Morgan fingerprint density at radius 1 is 1.45 bits per heavy atom. The Bertz CT molecular complexity index is 495. The van der Waals surface area contributed by atoms with Crippen molar-refractivity contribution in [3.63, 3.8) is 0 Å². The zero-order valence-corrected chi connectivity index (χ0v) is 10.7. The summed E-state index contributed by atoms with van der Waals surface area (Å²) in [4.78, 5) is 22.4. The van der Waals surface area contributed by atoms with Crippen LogP contribution in [0.5, 0.6) is 5.75 Å². The lowest BCUT2D eigenvalue weighted by atomic mass is 10.2. The van der Waals surface area contributed by atoms with Crippen LogP contribution < -0.4 is 15.4 Å². The number of hydrogen-bond donors (Lipinski definition) is 4. The Hall–Kier alpha value is -2.35. The third-order valence-electron chi connectivity index (χ3n) is 2.43. The van der Waals surface area contributed by atoms with E-state index in [1.54, 1.807) is 0 Å². The highest BCUT2D eigenvalue weighted by molar-refractivity contribution is 5.92. The normalized spacial score (nSPS) is 11.6. The minimum absolute atomic E-state index is 0.0482. The quantitative estimate of drug-likeness (QED) is 0.618. The van der Waals surface area contributed by atoms with E-state index in [1.807, 2.05) is 0 Å². The summed E-state index contributed by atoms with van der Waals surface area (Å²) in [6.07, 6.45) is -0.116. The van der Waals surface area contributed by atoms with Gasteiger partial charge in [0.15, 0.2) is 11.6 Å². The van der Waals surface area contributed by atoms with Gasteiger partial charge in [0.25, 0.3) is 0 Å². The first-order chi connectivity index (χ1) is 9.47. The fraction of sp³-hybridized carbons (Fsp3) is 0.333. The molecular weight excluding hydrogens is 271 g/mol. The Morgan fingerprint density at radius 3 is 2.70 bits per heavy atom. The van der Waals surface area contributed by atoms with Gasteiger partial charge < -0.3 is 25.6 Å². The van der Waals surface area contributed by atoms with E-state index < -0.39 is 23.9 Å². The van der Waals surface area contributed by atoms with Crippen LogP contribution in [0.1, 0.15) is 6.42 Å². The van der Waals surface area contributed by atoms with E-state index in [0.29, 0.717) is 0 Å². The second-order valence-electron chi connectivity index (χ2n) is 3.85. The fourth-order valence-electron chi connectivity index (χ4n) is 1.45. The van der Waals surface area contributed by atoms with Gasteiger partial charge in [0, 0.05) is 24.8 Å². The molecule has 1 aromatic rings. The standard InChI is InChI=1S/C12H15FN2O5/c1-20-10-6-7(2-3-8(10)13)14-12(19)15-9(4-5-16)11(17)18/h2-3,6,9,16H,4-5H2,1H3,(H,17,18)(H2,14,15,19)/t9-/m0/s1. The van der Waals surface area contributed by atoms with Gasteiger partial charge in [-0.05, 0) is 12.1 Å². The minimum atomic E-state index is -1.26. The maximum Gasteiger partial charge on any atom is 0.326 e. The van der Waals surface area contributed by atoms with Crippen molar-refractivity contribution in [2.75, 3.05) is 19.0 Å². The lowest BCUT2D eigenvalue weighted by Crippen LogP contribution is -2.43. The van der Waals surface area contributed by atoms with Crippen molar-refractivity contribution in [3.8, 4) is 5.75 Å². The smallest absolute Gasteiger partial charge is 0.326 e. The van der Waals surface area contributed by atoms with Gasteiger partial charge in [0.1, 0.15) is 6.04 Å². The molecule has 0 fully saturated rings. The Morgan fingerprint density at radius 2 is 2.15 bits per heavy atom. The number of aliphatic hydroxyl groups excluding tert-OH is 1. The number of methoxy groups -OCH3 is 1. The van der Waals surface area contributed by atoms with Crippen molar-refractivity contribution in [1.82, 2.24) is 5.32 Å². The Balaban J connectivity index is 2.68. The molecule has 0 unspecified atom stereocenters. The van der Waals surface area contributed by atoms with Crippen molar-refractivity contribution in [2.24, 2.45) is 0 Å². The van der Waals surface area contributed by atoms with E-state index in [-0.39, 0.29) is 24.5 Å². The summed E-state index contributed by atoms with van der Waals surface area (Å²) in [6, 6.07) is 1.69. The number of nitrogens with one attached hydrogen (secondary N) is 2. The topological polar surface area (TPSA) is 108 Å². The zero-order chi connectivity index (χ0) is 15.1. The number of hydrogen-bond acceptors (Lipinski definition) is 4. The van der Waals surface area contributed by atoms with Gasteiger partial charge in [0.05, 0.1) is 7.11 Å². The van der Waals surface area contributed by atoms with Crippen LogP contribution in [-0.4, -0.2) is 42.0 Å². The lowest BCUT2D eigenvalue weighted by molar-refractivity contribution is -0.139. The minimum Gasteiger partial charge on any atom is -0.494 e. The van der Waals surface area contributed by atoms with E-state index in [0.717, 1.165) is 6.07 Å². The molecule has 4 N–H and O–H groups in total.